The Morgan fingerprint density at radius 2 is 2.10 bits per heavy atom. The van der Waals surface area contributed by atoms with Crippen molar-refractivity contribution in [1.29, 1.82) is 0 Å². The van der Waals surface area contributed by atoms with E-state index in [1.165, 1.54) is 6.07 Å². The van der Waals surface area contributed by atoms with Crippen molar-refractivity contribution in [3.05, 3.63) is 24.0 Å². The number of hydrogen-bond donors (Lipinski definition) is 2. The van der Waals surface area contributed by atoms with Gasteiger partial charge in [-0.25, -0.2) is 4.39 Å². The molecule has 0 radical (unpaired) electrons. The highest BCUT2D eigenvalue weighted by Gasteiger charge is 2.21. The Balaban J connectivity index is 0.00000220. The van der Waals surface area contributed by atoms with Gasteiger partial charge in [0.25, 0.3) is 0 Å². The lowest BCUT2D eigenvalue weighted by atomic mass is 9.96. The molecule has 2 rings (SSSR count). The zero-order chi connectivity index (χ0) is 14.7. The Bertz CT molecular complexity index is 493. The van der Waals surface area contributed by atoms with E-state index in [0.29, 0.717) is 5.69 Å². The third kappa shape index (κ3) is 4.58. The van der Waals surface area contributed by atoms with Crippen LogP contribution < -0.4 is 15.8 Å². The Morgan fingerprint density at radius 1 is 1.43 bits per heavy atom. The molecule has 118 valence electrons. The highest BCUT2D eigenvalue weighted by Crippen LogP contribution is 2.28. The van der Waals surface area contributed by atoms with Crippen molar-refractivity contribution in [2.45, 2.75) is 45.3 Å². The van der Waals surface area contributed by atoms with E-state index in [2.05, 4.69) is 5.32 Å². The minimum Gasteiger partial charge on any atom is -0.487 e. The molecule has 1 saturated carbocycles. The predicted molar refractivity (Wildman–Crippen MR) is 83.4 cm³/mol. The predicted octanol–water partition coefficient (Wildman–Crippen LogP) is 3.10. The lowest BCUT2D eigenvalue weighted by Crippen LogP contribution is -2.34. The highest BCUT2D eigenvalue weighted by molar-refractivity contribution is 5.92. The fraction of sp³-hybridized carbons (Fsp3) is 0.533. The molecule has 3 N–H and O–H groups in total. The van der Waals surface area contributed by atoms with Gasteiger partial charge in [-0.2, -0.15) is 0 Å². The van der Waals surface area contributed by atoms with Crippen molar-refractivity contribution in [3.8, 4) is 5.75 Å². The van der Waals surface area contributed by atoms with E-state index in [-0.39, 0.29) is 42.1 Å². The summed E-state index contributed by atoms with van der Waals surface area (Å²) in [5.41, 5.74) is 6.08. The minimum absolute atomic E-state index is 0. The second kappa shape index (κ2) is 7.61. The van der Waals surface area contributed by atoms with Gasteiger partial charge in [-0.1, -0.05) is 6.92 Å². The average molecular weight is 317 g/mol. The summed E-state index contributed by atoms with van der Waals surface area (Å²) in [6.45, 7) is 3.50. The molecule has 1 aromatic rings. The van der Waals surface area contributed by atoms with Crippen LogP contribution in [-0.4, -0.2) is 18.1 Å². The highest BCUT2D eigenvalue weighted by atomic mass is 35.5. The summed E-state index contributed by atoms with van der Waals surface area (Å²) < 4.78 is 19.4. The number of hydrogen-bond acceptors (Lipinski definition) is 3. The van der Waals surface area contributed by atoms with Crippen LogP contribution in [0.4, 0.5) is 10.1 Å². The standard InChI is InChI=1S/C15H21FN2O2.ClH/c1-9(10(2)17)15(19)18-11-6-7-14(13(16)8-11)20-12-4-3-5-12;/h6-10,12H,3-5,17H2,1-2H3,(H,18,19);1H. The van der Waals surface area contributed by atoms with Crippen LogP contribution in [-0.2, 0) is 4.79 Å². The van der Waals surface area contributed by atoms with Gasteiger partial charge in [-0.05, 0) is 38.3 Å². The topological polar surface area (TPSA) is 64.4 Å². The molecule has 2 unspecified atom stereocenters. The fourth-order valence-corrected chi connectivity index (χ4v) is 1.84. The number of carbonyl (C=O) groups excluding carboxylic acids is 1. The van der Waals surface area contributed by atoms with Gasteiger partial charge in [-0.3, -0.25) is 4.79 Å². The molecule has 0 spiro atoms. The lowest BCUT2D eigenvalue weighted by molar-refractivity contribution is -0.119. The molecule has 2 atom stereocenters. The van der Waals surface area contributed by atoms with E-state index in [1.807, 2.05) is 0 Å². The number of benzene rings is 1. The van der Waals surface area contributed by atoms with E-state index in [1.54, 1.807) is 26.0 Å². The zero-order valence-corrected chi connectivity index (χ0v) is 13.1. The van der Waals surface area contributed by atoms with Crippen molar-refractivity contribution < 1.29 is 13.9 Å². The van der Waals surface area contributed by atoms with Crippen LogP contribution in [0.5, 0.6) is 5.75 Å². The largest absolute Gasteiger partial charge is 0.487 e. The number of anilines is 1. The first-order valence-corrected chi connectivity index (χ1v) is 7.00. The second-order valence-electron chi connectivity index (χ2n) is 5.45. The number of carbonyl (C=O) groups is 1. The normalized spacial score (nSPS) is 17.1. The summed E-state index contributed by atoms with van der Waals surface area (Å²) in [7, 11) is 0. The smallest absolute Gasteiger partial charge is 0.228 e. The first-order valence-electron chi connectivity index (χ1n) is 7.00. The van der Waals surface area contributed by atoms with Gasteiger partial charge in [0.1, 0.15) is 0 Å². The molecule has 0 saturated heterocycles. The number of ether oxygens (including phenoxy) is 1. The molecule has 1 aliphatic carbocycles. The Labute approximate surface area is 130 Å². The summed E-state index contributed by atoms with van der Waals surface area (Å²) >= 11 is 0. The molecule has 21 heavy (non-hydrogen) atoms. The molecular formula is C15H22ClFN2O2. The number of rotatable bonds is 5. The van der Waals surface area contributed by atoms with E-state index in [4.69, 9.17) is 10.5 Å². The maximum atomic E-state index is 13.9. The van der Waals surface area contributed by atoms with E-state index >= 15 is 0 Å². The number of nitrogens with two attached hydrogens (primary N) is 1. The van der Waals surface area contributed by atoms with Gasteiger partial charge in [-0.15, -0.1) is 12.4 Å². The first-order chi connectivity index (χ1) is 9.47. The van der Waals surface area contributed by atoms with Gasteiger partial charge in [0.2, 0.25) is 5.91 Å². The monoisotopic (exact) mass is 316 g/mol. The molecule has 0 bridgehead atoms. The average Bonchev–Trinajstić information content (AvgIpc) is 2.34. The molecule has 1 aromatic carbocycles. The molecule has 0 aromatic heterocycles. The number of amides is 1. The van der Waals surface area contributed by atoms with E-state index in [9.17, 15) is 9.18 Å². The first kappa shape index (κ1) is 17.7. The maximum absolute atomic E-state index is 13.9. The lowest BCUT2D eigenvalue weighted by Gasteiger charge is -2.26. The van der Waals surface area contributed by atoms with E-state index in [0.717, 1.165) is 19.3 Å². The van der Waals surface area contributed by atoms with Gasteiger partial charge in [0.05, 0.1) is 12.0 Å². The fourth-order valence-electron chi connectivity index (χ4n) is 1.84. The van der Waals surface area contributed by atoms with Gasteiger partial charge < -0.3 is 15.8 Å². The maximum Gasteiger partial charge on any atom is 0.228 e. The molecule has 0 aliphatic heterocycles. The third-order valence-electron chi connectivity index (χ3n) is 3.75. The minimum atomic E-state index is -0.455. The van der Waals surface area contributed by atoms with Crippen molar-refractivity contribution >= 4 is 24.0 Å². The van der Waals surface area contributed by atoms with Crippen LogP contribution in [0, 0.1) is 11.7 Å². The Morgan fingerprint density at radius 3 is 2.57 bits per heavy atom. The molecule has 0 heterocycles. The summed E-state index contributed by atoms with van der Waals surface area (Å²) in [5, 5.41) is 2.66. The van der Waals surface area contributed by atoms with Crippen molar-refractivity contribution in [1.82, 2.24) is 0 Å². The van der Waals surface area contributed by atoms with Crippen molar-refractivity contribution in [3.63, 3.8) is 0 Å². The zero-order valence-electron chi connectivity index (χ0n) is 12.3. The van der Waals surface area contributed by atoms with Gasteiger partial charge >= 0.3 is 0 Å². The van der Waals surface area contributed by atoms with Crippen LogP contribution in [0.25, 0.3) is 0 Å². The molecule has 1 aliphatic rings. The summed E-state index contributed by atoms with van der Waals surface area (Å²) in [4.78, 5) is 11.8. The number of nitrogens with one attached hydrogen (secondary N) is 1. The molecule has 1 amide bonds. The van der Waals surface area contributed by atoms with Crippen molar-refractivity contribution in [2.24, 2.45) is 11.7 Å². The van der Waals surface area contributed by atoms with Crippen LogP contribution >= 0.6 is 12.4 Å². The SMILES string of the molecule is CC(N)C(C)C(=O)Nc1ccc(OC2CCC2)c(F)c1.Cl. The third-order valence-corrected chi connectivity index (χ3v) is 3.75. The summed E-state index contributed by atoms with van der Waals surface area (Å²) in [5.74, 6) is -0.757. The Hall–Kier alpha value is -1.33. The molecule has 4 nitrogen and oxygen atoms in total. The van der Waals surface area contributed by atoms with E-state index < -0.39 is 5.82 Å². The van der Waals surface area contributed by atoms with Crippen molar-refractivity contribution in [2.75, 3.05) is 5.32 Å². The molecule has 6 heteroatoms. The Kier molecular flexibility index (Phi) is 6.42. The molecule has 1 fully saturated rings. The van der Waals surface area contributed by atoms with Gasteiger partial charge in [0.15, 0.2) is 11.6 Å². The van der Waals surface area contributed by atoms with Crippen LogP contribution in [0.3, 0.4) is 0 Å². The second-order valence-corrected chi connectivity index (χ2v) is 5.45. The summed E-state index contributed by atoms with van der Waals surface area (Å²) in [6.07, 6.45) is 3.21. The number of halogens is 2. The van der Waals surface area contributed by atoms with Crippen LogP contribution in [0.2, 0.25) is 0 Å². The van der Waals surface area contributed by atoms with Crippen LogP contribution in [0.1, 0.15) is 33.1 Å². The quantitative estimate of drug-likeness (QED) is 0.877. The van der Waals surface area contributed by atoms with Gasteiger partial charge in [0, 0.05) is 17.8 Å². The summed E-state index contributed by atoms with van der Waals surface area (Å²) in [6, 6.07) is 4.23. The van der Waals surface area contributed by atoms with Crippen LogP contribution in [0.15, 0.2) is 18.2 Å². The molecular weight excluding hydrogens is 295 g/mol.